The van der Waals surface area contributed by atoms with E-state index in [1.165, 1.54) is 0 Å². The Kier molecular flexibility index (Phi) is 13.3. The van der Waals surface area contributed by atoms with Crippen molar-refractivity contribution in [2.24, 2.45) is 0 Å². The molecule has 0 atom stereocenters. The quantitative estimate of drug-likeness (QED) is 0.376. The van der Waals surface area contributed by atoms with Crippen LogP contribution in [0.1, 0.15) is 27.7 Å². The van der Waals surface area contributed by atoms with Gasteiger partial charge in [0.2, 0.25) is 0 Å². The van der Waals surface area contributed by atoms with Gasteiger partial charge in [-0.05, 0) is 19.4 Å². The van der Waals surface area contributed by atoms with E-state index >= 15 is 0 Å². The molecule has 0 saturated heterocycles. The molecule has 6 nitrogen and oxygen atoms in total. The zero-order valence-electron chi connectivity index (χ0n) is 14.9. The minimum atomic E-state index is 0.309. The highest BCUT2D eigenvalue weighted by Crippen LogP contribution is 2.02. The van der Waals surface area contributed by atoms with E-state index in [1.807, 2.05) is 20.9 Å². The Labute approximate surface area is 135 Å². The summed E-state index contributed by atoms with van der Waals surface area (Å²) in [5.41, 5.74) is 0.898. The molecule has 0 aromatic rings. The lowest BCUT2D eigenvalue weighted by Gasteiger charge is -2.19. The third kappa shape index (κ3) is 12.9. The van der Waals surface area contributed by atoms with E-state index in [-0.39, 0.29) is 0 Å². The molecule has 0 radical (unpaired) electrons. The summed E-state index contributed by atoms with van der Waals surface area (Å²) < 4.78 is 16.3. The smallest absolute Gasteiger partial charge is 0.185 e. The van der Waals surface area contributed by atoms with Crippen molar-refractivity contribution in [2.45, 2.75) is 33.7 Å². The van der Waals surface area contributed by atoms with Crippen molar-refractivity contribution < 1.29 is 19.3 Å². The second kappa shape index (κ2) is 13.8. The third-order valence-corrected chi connectivity index (χ3v) is 2.92. The monoisotopic (exact) mass is 318 g/mol. The van der Waals surface area contributed by atoms with Gasteiger partial charge in [0.25, 0.3) is 0 Å². The van der Waals surface area contributed by atoms with E-state index < -0.39 is 0 Å². The Morgan fingerprint density at radius 1 is 0.955 bits per heavy atom. The lowest BCUT2D eigenvalue weighted by molar-refractivity contribution is 0.0115. The second-order valence-corrected chi connectivity index (χ2v) is 5.69. The van der Waals surface area contributed by atoms with Crippen molar-refractivity contribution in [3.8, 4) is 0 Å². The molecule has 0 rings (SSSR count). The summed E-state index contributed by atoms with van der Waals surface area (Å²) in [6.45, 7) is 13.1. The highest BCUT2D eigenvalue weighted by molar-refractivity contribution is 4.99. The molecule has 22 heavy (non-hydrogen) atoms. The minimum absolute atomic E-state index is 0.309. The summed E-state index contributed by atoms with van der Waals surface area (Å²) in [6.07, 6.45) is 0. The van der Waals surface area contributed by atoms with Gasteiger partial charge in [0.05, 0.1) is 39.6 Å². The van der Waals surface area contributed by atoms with Gasteiger partial charge in [0.15, 0.2) is 5.88 Å². The maximum absolute atomic E-state index is 9.69. The van der Waals surface area contributed by atoms with Gasteiger partial charge >= 0.3 is 0 Å². The van der Waals surface area contributed by atoms with Crippen LogP contribution in [0, 0.1) is 0 Å². The average molecular weight is 318 g/mol. The van der Waals surface area contributed by atoms with Gasteiger partial charge < -0.3 is 29.5 Å². The van der Waals surface area contributed by atoms with Gasteiger partial charge in [0.1, 0.15) is 0 Å². The number of nitrogens with zero attached hydrogens (tertiary/aromatic N) is 1. The molecular formula is C16H34N2O4. The van der Waals surface area contributed by atoms with Crippen molar-refractivity contribution in [2.75, 3.05) is 59.8 Å². The summed E-state index contributed by atoms with van der Waals surface area (Å²) in [5.74, 6) is 0.309. The number of hydrogen-bond acceptors (Lipinski definition) is 6. The van der Waals surface area contributed by atoms with Crippen LogP contribution in [-0.4, -0.2) is 75.8 Å². The maximum Gasteiger partial charge on any atom is 0.185 e. The van der Waals surface area contributed by atoms with Crippen LogP contribution in [0.3, 0.4) is 0 Å². The Bertz CT molecular complexity index is 292. The molecule has 0 fully saturated rings. The summed E-state index contributed by atoms with van der Waals surface area (Å²) in [4.78, 5) is 1.77. The average Bonchev–Trinajstić information content (AvgIpc) is 2.46. The highest BCUT2D eigenvalue weighted by Gasteiger charge is 2.03. The van der Waals surface area contributed by atoms with Gasteiger partial charge in [-0.3, -0.25) is 0 Å². The van der Waals surface area contributed by atoms with Gasteiger partial charge in [-0.15, -0.1) is 0 Å². The first-order valence-electron chi connectivity index (χ1n) is 7.99. The molecule has 132 valence electrons. The number of aliphatic hydroxyl groups is 1. The molecular weight excluding hydrogens is 284 g/mol. The van der Waals surface area contributed by atoms with Gasteiger partial charge in [-0.1, -0.05) is 13.8 Å². The number of allylic oxidation sites excluding steroid dienone is 1. The highest BCUT2D eigenvalue weighted by atomic mass is 16.5. The molecule has 0 aromatic carbocycles. The molecule has 0 aliphatic carbocycles. The first-order valence-corrected chi connectivity index (χ1v) is 7.99. The molecule has 0 aliphatic rings. The normalized spacial score (nSPS) is 11.0. The standard InChI is InChI=1S/C16H34N2O4/c1-14(2)16(19)18(5)7-9-21-11-13-22-12-10-20-8-6-17-15(3)4/h15,17,19H,6-13H2,1-5H3. The Morgan fingerprint density at radius 2 is 1.45 bits per heavy atom. The summed E-state index contributed by atoms with van der Waals surface area (Å²) in [6, 6.07) is 0.495. The maximum atomic E-state index is 9.69. The molecule has 0 bridgehead atoms. The number of nitrogens with one attached hydrogen (secondary N) is 1. The number of rotatable bonds is 14. The molecule has 0 unspecified atom stereocenters. The Balaban J connectivity index is 3.26. The lowest BCUT2D eigenvalue weighted by atomic mass is 10.3. The fraction of sp³-hybridized carbons (Fsp3) is 0.875. The van der Waals surface area contributed by atoms with Crippen LogP contribution in [0.25, 0.3) is 0 Å². The number of likely N-dealkylation sites (N-methyl/N-ethyl adjacent to an activating group) is 1. The molecule has 0 spiro atoms. The van der Waals surface area contributed by atoms with Gasteiger partial charge in [-0.2, -0.15) is 0 Å². The topological polar surface area (TPSA) is 63.2 Å². The first kappa shape index (κ1) is 21.2. The van der Waals surface area contributed by atoms with Crippen LogP contribution in [0.5, 0.6) is 0 Å². The van der Waals surface area contributed by atoms with Crippen LogP contribution < -0.4 is 5.32 Å². The largest absolute Gasteiger partial charge is 0.495 e. The molecule has 6 heteroatoms. The van der Waals surface area contributed by atoms with E-state index in [0.717, 1.165) is 12.1 Å². The van der Waals surface area contributed by atoms with Gasteiger partial charge in [-0.25, -0.2) is 0 Å². The molecule has 2 N–H and O–H groups in total. The van der Waals surface area contributed by atoms with Crippen molar-refractivity contribution in [1.82, 2.24) is 10.2 Å². The van der Waals surface area contributed by atoms with E-state index in [2.05, 4.69) is 19.2 Å². The predicted octanol–water partition coefficient (Wildman–Crippen LogP) is 1.78. The molecule has 0 saturated carbocycles. The van der Waals surface area contributed by atoms with Crippen LogP contribution in [0.2, 0.25) is 0 Å². The number of hydrogen-bond donors (Lipinski definition) is 2. The van der Waals surface area contributed by atoms with Crippen LogP contribution in [-0.2, 0) is 14.2 Å². The fourth-order valence-electron chi connectivity index (χ4n) is 1.65. The first-order chi connectivity index (χ1) is 10.4. The molecule has 0 aliphatic heterocycles. The van der Waals surface area contributed by atoms with Crippen molar-refractivity contribution in [3.63, 3.8) is 0 Å². The summed E-state index contributed by atoms with van der Waals surface area (Å²) >= 11 is 0. The summed E-state index contributed by atoms with van der Waals surface area (Å²) in [7, 11) is 1.84. The van der Waals surface area contributed by atoms with Gasteiger partial charge in [0, 0.05) is 26.2 Å². The fourth-order valence-corrected chi connectivity index (χ4v) is 1.65. The van der Waals surface area contributed by atoms with E-state index in [4.69, 9.17) is 14.2 Å². The molecule has 0 heterocycles. The van der Waals surface area contributed by atoms with E-state index in [9.17, 15) is 5.11 Å². The number of aliphatic hydroxyl groups excluding tert-OH is 1. The van der Waals surface area contributed by atoms with Crippen molar-refractivity contribution in [1.29, 1.82) is 0 Å². The third-order valence-electron chi connectivity index (χ3n) is 2.92. The Hall–Kier alpha value is -0.820. The minimum Gasteiger partial charge on any atom is -0.495 e. The Morgan fingerprint density at radius 3 is 1.95 bits per heavy atom. The SMILES string of the molecule is CC(C)=C(O)N(C)CCOCCOCCOCCNC(C)C. The van der Waals surface area contributed by atoms with Crippen LogP contribution >= 0.6 is 0 Å². The second-order valence-electron chi connectivity index (χ2n) is 5.69. The zero-order chi connectivity index (χ0) is 16.8. The lowest BCUT2D eigenvalue weighted by Crippen LogP contribution is -2.27. The zero-order valence-corrected chi connectivity index (χ0v) is 14.9. The van der Waals surface area contributed by atoms with E-state index in [1.54, 1.807) is 4.90 Å². The van der Waals surface area contributed by atoms with Crippen LogP contribution in [0.15, 0.2) is 11.5 Å². The number of ether oxygens (including phenoxy) is 3. The van der Waals surface area contributed by atoms with Crippen LogP contribution in [0.4, 0.5) is 0 Å². The predicted molar refractivity (Wildman–Crippen MR) is 89.2 cm³/mol. The molecule has 0 amide bonds. The summed E-state index contributed by atoms with van der Waals surface area (Å²) in [5, 5.41) is 13.0. The van der Waals surface area contributed by atoms with E-state index in [0.29, 0.717) is 58.1 Å². The molecule has 0 aromatic heterocycles. The van der Waals surface area contributed by atoms with Crippen molar-refractivity contribution >= 4 is 0 Å². The van der Waals surface area contributed by atoms with Crippen molar-refractivity contribution in [3.05, 3.63) is 11.5 Å².